The van der Waals surface area contributed by atoms with Crippen molar-refractivity contribution in [2.75, 3.05) is 18.1 Å². The third-order valence-electron chi connectivity index (χ3n) is 5.28. The number of aryl methyl sites for hydroxylation is 2. The second kappa shape index (κ2) is 7.99. The maximum Gasteiger partial charge on any atom is 0.241 e. The molecule has 1 amide bonds. The highest BCUT2D eigenvalue weighted by molar-refractivity contribution is 7.09. The SMILES string of the molecule is Cc1ncsc1CCC(=O)N1CCCCN1c1ccc(C#N)c2ccccc12. The molecular weight excluding hydrogens is 368 g/mol. The summed E-state index contributed by atoms with van der Waals surface area (Å²) in [5.41, 5.74) is 4.52. The molecule has 1 saturated heterocycles. The maximum absolute atomic E-state index is 13.1. The van der Waals surface area contributed by atoms with Crippen molar-refractivity contribution in [1.29, 1.82) is 5.26 Å². The van der Waals surface area contributed by atoms with Gasteiger partial charge in [0, 0.05) is 35.2 Å². The van der Waals surface area contributed by atoms with Gasteiger partial charge < -0.3 is 0 Å². The predicted octanol–water partition coefficient (Wildman–Crippen LogP) is 4.45. The molecule has 0 spiro atoms. The van der Waals surface area contributed by atoms with E-state index in [1.54, 1.807) is 11.3 Å². The Kier molecular flexibility index (Phi) is 5.27. The zero-order valence-electron chi connectivity index (χ0n) is 15.9. The minimum Gasteiger partial charge on any atom is -0.282 e. The summed E-state index contributed by atoms with van der Waals surface area (Å²) in [5, 5.41) is 15.4. The second-order valence-corrected chi connectivity index (χ2v) is 7.94. The van der Waals surface area contributed by atoms with E-state index < -0.39 is 0 Å². The van der Waals surface area contributed by atoms with Crippen molar-refractivity contribution in [3.05, 3.63) is 58.0 Å². The molecule has 0 saturated carbocycles. The number of nitriles is 1. The van der Waals surface area contributed by atoms with E-state index in [1.165, 1.54) is 4.88 Å². The number of nitrogens with zero attached hydrogens (tertiary/aromatic N) is 4. The standard InChI is InChI=1S/C22H22N4OS/c1-16-21(28-15-24-16)10-11-22(27)26-13-5-4-12-25(26)20-9-8-17(14-23)18-6-2-3-7-19(18)20/h2-3,6-9,15H,4-5,10-13H2,1H3. The zero-order chi connectivity index (χ0) is 19.5. The summed E-state index contributed by atoms with van der Waals surface area (Å²) in [7, 11) is 0. The van der Waals surface area contributed by atoms with Crippen molar-refractivity contribution in [3.8, 4) is 6.07 Å². The van der Waals surface area contributed by atoms with Crippen molar-refractivity contribution in [2.24, 2.45) is 0 Å². The van der Waals surface area contributed by atoms with E-state index in [0.29, 0.717) is 12.0 Å². The molecule has 4 rings (SSSR count). The summed E-state index contributed by atoms with van der Waals surface area (Å²) in [6.07, 6.45) is 3.27. The first-order valence-corrected chi connectivity index (χ1v) is 10.5. The molecule has 0 unspecified atom stereocenters. The number of rotatable bonds is 4. The fourth-order valence-electron chi connectivity index (χ4n) is 3.80. The minimum absolute atomic E-state index is 0.140. The van der Waals surface area contributed by atoms with E-state index in [2.05, 4.69) is 16.1 Å². The van der Waals surface area contributed by atoms with Crippen LogP contribution in [0.4, 0.5) is 5.69 Å². The second-order valence-electron chi connectivity index (χ2n) is 7.00. The summed E-state index contributed by atoms with van der Waals surface area (Å²) in [6.45, 7) is 3.53. The lowest BCUT2D eigenvalue weighted by Crippen LogP contribution is -2.50. The van der Waals surface area contributed by atoms with Crippen LogP contribution >= 0.6 is 11.3 Å². The molecular formula is C22H22N4OS. The third-order valence-corrected chi connectivity index (χ3v) is 6.27. The summed E-state index contributed by atoms with van der Waals surface area (Å²) in [4.78, 5) is 18.5. The van der Waals surface area contributed by atoms with Gasteiger partial charge in [-0.15, -0.1) is 11.3 Å². The van der Waals surface area contributed by atoms with Gasteiger partial charge in [-0.2, -0.15) is 5.26 Å². The van der Waals surface area contributed by atoms with Gasteiger partial charge in [0.2, 0.25) is 5.91 Å². The van der Waals surface area contributed by atoms with Gasteiger partial charge in [0.25, 0.3) is 0 Å². The lowest BCUT2D eigenvalue weighted by atomic mass is 10.0. The molecule has 0 N–H and O–H groups in total. The molecule has 1 aromatic heterocycles. The number of carbonyl (C=O) groups excluding carboxylic acids is 1. The molecule has 3 aromatic rings. The van der Waals surface area contributed by atoms with E-state index in [9.17, 15) is 10.1 Å². The predicted molar refractivity (Wildman–Crippen MR) is 112 cm³/mol. The molecule has 2 heterocycles. The van der Waals surface area contributed by atoms with Crippen LogP contribution in [0.1, 0.15) is 35.4 Å². The van der Waals surface area contributed by atoms with Gasteiger partial charge in [0.1, 0.15) is 0 Å². The molecule has 2 aromatic carbocycles. The molecule has 1 fully saturated rings. The summed E-state index contributed by atoms with van der Waals surface area (Å²) in [6, 6.07) is 14.0. The number of hydrogen-bond acceptors (Lipinski definition) is 5. The van der Waals surface area contributed by atoms with Crippen LogP contribution in [0.15, 0.2) is 41.9 Å². The van der Waals surface area contributed by atoms with Crippen LogP contribution in [0.25, 0.3) is 10.8 Å². The van der Waals surface area contributed by atoms with Crippen molar-refractivity contribution in [2.45, 2.75) is 32.6 Å². The number of benzene rings is 2. The molecule has 0 aliphatic carbocycles. The van der Waals surface area contributed by atoms with Crippen LogP contribution in [-0.2, 0) is 11.2 Å². The Morgan fingerprint density at radius 2 is 1.96 bits per heavy atom. The van der Waals surface area contributed by atoms with Gasteiger partial charge in [-0.05, 0) is 38.3 Å². The minimum atomic E-state index is 0.140. The first-order valence-electron chi connectivity index (χ1n) is 9.57. The Morgan fingerprint density at radius 1 is 1.18 bits per heavy atom. The highest BCUT2D eigenvalue weighted by atomic mass is 32.1. The lowest BCUT2D eigenvalue weighted by molar-refractivity contribution is -0.132. The van der Waals surface area contributed by atoms with Crippen LogP contribution in [-0.4, -0.2) is 29.0 Å². The van der Waals surface area contributed by atoms with Crippen molar-refractivity contribution >= 4 is 33.7 Å². The normalized spacial score (nSPS) is 14.3. The average Bonchev–Trinajstić information content (AvgIpc) is 3.16. The van der Waals surface area contributed by atoms with E-state index >= 15 is 0 Å². The van der Waals surface area contributed by atoms with Crippen LogP contribution in [0.3, 0.4) is 0 Å². The first kappa shape index (κ1) is 18.5. The quantitative estimate of drug-likeness (QED) is 0.660. The topological polar surface area (TPSA) is 60.2 Å². The number of hydrogen-bond donors (Lipinski definition) is 0. The number of anilines is 1. The van der Waals surface area contributed by atoms with E-state index in [0.717, 1.165) is 54.5 Å². The van der Waals surface area contributed by atoms with Gasteiger partial charge >= 0.3 is 0 Å². The summed E-state index contributed by atoms with van der Waals surface area (Å²) >= 11 is 1.62. The number of carbonyl (C=O) groups is 1. The smallest absolute Gasteiger partial charge is 0.241 e. The van der Waals surface area contributed by atoms with Crippen LogP contribution in [0, 0.1) is 18.3 Å². The van der Waals surface area contributed by atoms with Gasteiger partial charge in [-0.3, -0.25) is 14.8 Å². The van der Waals surface area contributed by atoms with Crippen LogP contribution < -0.4 is 5.01 Å². The number of thiazole rings is 1. The molecule has 0 bridgehead atoms. The molecule has 6 heteroatoms. The van der Waals surface area contributed by atoms with Crippen molar-refractivity contribution in [1.82, 2.24) is 9.99 Å². The van der Waals surface area contributed by atoms with E-state index in [4.69, 9.17) is 0 Å². The first-order chi connectivity index (χ1) is 13.7. The Morgan fingerprint density at radius 3 is 2.71 bits per heavy atom. The van der Waals surface area contributed by atoms with Gasteiger partial charge in [-0.1, -0.05) is 24.3 Å². The largest absolute Gasteiger partial charge is 0.282 e. The van der Waals surface area contributed by atoms with Gasteiger partial charge in [0.05, 0.1) is 28.5 Å². The lowest BCUT2D eigenvalue weighted by Gasteiger charge is -2.40. The Balaban J connectivity index is 1.63. The number of amides is 1. The molecule has 142 valence electrons. The molecule has 5 nitrogen and oxygen atoms in total. The van der Waals surface area contributed by atoms with E-state index in [1.807, 2.05) is 53.8 Å². The fourth-order valence-corrected chi connectivity index (χ4v) is 4.58. The molecule has 28 heavy (non-hydrogen) atoms. The number of aromatic nitrogens is 1. The van der Waals surface area contributed by atoms with Gasteiger partial charge in [-0.25, -0.2) is 4.98 Å². The molecule has 1 aliphatic heterocycles. The highest BCUT2D eigenvalue weighted by Gasteiger charge is 2.26. The Labute approximate surface area is 168 Å². The fraction of sp³-hybridized carbons (Fsp3) is 0.318. The maximum atomic E-state index is 13.1. The molecule has 0 atom stereocenters. The summed E-state index contributed by atoms with van der Waals surface area (Å²) in [5.74, 6) is 0.140. The average molecular weight is 391 g/mol. The Bertz CT molecular complexity index is 1050. The highest BCUT2D eigenvalue weighted by Crippen LogP contribution is 2.32. The van der Waals surface area contributed by atoms with E-state index in [-0.39, 0.29) is 5.91 Å². The number of fused-ring (bicyclic) bond motifs is 1. The van der Waals surface area contributed by atoms with Crippen molar-refractivity contribution < 1.29 is 4.79 Å². The van der Waals surface area contributed by atoms with Crippen LogP contribution in [0.2, 0.25) is 0 Å². The zero-order valence-corrected chi connectivity index (χ0v) is 16.7. The molecule has 0 radical (unpaired) electrons. The third kappa shape index (κ3) is 3.46. The Hall–Kier alpha value is -2.91. The molecule has 1 aliphatic rings. The summed E-state index contributed by atoms with van der Waals surface area (Å²) < 4.78 is 0. The van der Waals surface area contributed by atoms with Gasteiger partial charge in [0.15, 0.2) is 0 Å². The van der Waals surface area contributed by atoms with Crippen molar-refractivity contribution in [3.63, 3.8) is 0 Å². The van der Waals surface area contributed by atoms with Crippen LogP contribution in [0.5, 0.6) is 0 Å². The monoisotopic (exact) mass is 390 g/mol. The number of hydrazine groups is 1.